The number of halogens is 2. The normalized spacial score (nSPS) is 25.2. The smallest absolute Gasteiger partial charge is 0.224 e. The summed E-state index contributed by atoms with van der Waals surface area (Å²) >= 11 is 0. The number of ether oxygens (including phenoxy) is 1. The van der Waals surface area contributed by atoms with E-state index in [2.05, 4.69) is 0 Å². The van der Waals surface area contributed by atoms with Crippen molar-refractivity contribution in [2.75, 3.05) is 39.4 Å². The van der Waals surface area contributed by atoms with E-state index in [1.807, 2.05) is 4.90 Å². The van der Waals surface area contributed by atoms with Gasteiger partial charge in [-0.3, -0.25) is 9.69 Å². The van der Waals surface area contributed by atoms with E-state index in [9.17, 15) is 18.7 Å². The molecule has 2 aliphatic rings. The van der Waals surface area contributed by atoms with Crippen LogP contribution in [0.1, 0.15) is 24.4 Å². The summed E-state index contributed by atoms with van der Waals surface area (Å²) in [6, 6.07) is 2.95. The zero-order valence-corrected chi connectivity index (χ0v) is 13.5. The topological polar surface area (TPSA) is 53.0 Å². The number of hydrogen-bond acceptors (Lipinski definition) is 4. The van der Waals surface area contributed by atoms with Gasteiger partial charge < -0.3 is 14.7 Å². The second kappa shape index (κ2) is 7.55. The number of rotatable bonds is 4. The number of carbonyl (C=O) groups is 1. The van der Waals surface area contributed by atoms with Crippen molar-refractivity contribution in [3.63, 3.8) is 0 Å². The lowest BCUT2D eigenvalue weighted by atomic mass is 10.0. The molecule has 1 amide bonds. The Balaban J connectivity index is 1.65. The lowest BCUT2D eigenvalue weighted by molar-refractivity contribution is -0.135. The van der Waals surface area contributed by atoms with Gasteiger partial charge in [-0.05, 0) is 24.6 Å². The fourth-order valence-electron chi connectivity index (χ4n) is 3.43. The quantitative estimate of drug-likeness (QED) is 0.898. The van der Waals surface area contributed by atoms with Crippen LogP contribution in [-0.2, 0) is 9.53 Å². The van der Waals surface area contributed by atoms with Crippen LogP contribution in [0.2, 0.25) is 0 Å². The molecule has 2 heterocycles. The van der Waals surface area contributed by atoms with Gasteiger partial charge in [0.25, 0.3) is 0 Å². The van der Waals surface area contributed by atoms with Crippen molar-refractivity contribution in [2.45, 2.75) is 25.0 Å². The number of morpholine rings is 1. The van der Waals surface area contributed by atoms with Gasteiger partial charge in [-0.25, -0.2) is 8.78 Å². The van der Waals surface area contributed by atoms with Gasteiger partial charge in [0.2, 0.25) is 5.91 Å². The van der Waals surface area contributed by atoms with Crippen molar-refractivity contribution in [1.29, 1.82) is 0 Å². The third kappa shape index (κ3) is 3.91. The van der Waals surface area contributed by atoms with Gasteiger partial charge in [-0.1, -0.05) is 0 Å². The van der Waals surface area contributed by atoms with Crippen LogP contribution >= 0.6 is 0 Å². The molecule has 2 fully saturated rings. The first-order chi connectivity index (χ1) is 11.5. The molecule has 7 heteroatoms. The average Bonchev–Trinajstić information content (AvgIpc) is 2.96. The number of aliphatic hydroxyl groups is 1. The standard InChI is InChI=1S/C17H22F2N2O3/c18-12-1-2-15(19)14(9-12)16-10-13(22)11-21(16)4-3-17(23)20-5-7-24-8-6-20/h1-2,9,13,16,22H,3-8,10-11H2/t13-,16+/m0/s1. The molecular weight excluding hydrogens is 318 g/mol. The Hall–Kier alpha value is -1.57. The maximum absolute atomic E-state index is 14.0. The number of nitrogens with zero attached hydrogens (tertiary/aromatic N) is 2. The van der Waals surface area contributed by atoms with E-state index in [1.165, 1.54) is 6.07 Å². The van der Waals surface area contributed by atoms with Crippen molar-refractivity contribution >= 4 is 5.91 Å². The van der Waals surface area contributed by atoms with E-state index >= 15 is 0 Å². The van der Waals surface area contributed by atoms with Crippen LogP contribution in [0.5, 0.6) is 0 Å². The van der Waals surface area contributed by atoms with Crippen LogP contribution in [0.25, 0.3) is 0 Å². The van der Waals surface area contributed by atoms with Crippen molar-refractivity contribution < 1.29 is 23.4 Å². The van der Waals surface area contributed by atoms with Gasteiger partial charge in [0, 0.05) is 44.2 Å². The first-order valence-electron chi connectivity index (χ1n) is 8.27. The summed E-state index contributed by atoms with van der Waals surface area (Å²) in [6.45, 7) is 3.04. The largest absolute Gasteiger partial charge is 0.392 e. The molecule has 132 valence electrons. The second-order valence-electron chi connectivity index (χ2n) is 6.31. The molecule has 0 unspecified atom stereocenters. The molecule has 0 saturated carbocycles. The zero-order chi connectivity index (χ0) is 17.1. The minimum Gasteiger partial charge on any atom is -0.392 e. The molecule has 1 aromatic carbocycles. The summed E-state index contributed by atoms with van der Waals surface area (Å²) in [7, 11) is 0. The Bertz CT molecular complexity index is 593. The highest BCUT2D eigenvalue weighted by molar-refractivity contribution is 5.76. The van der Waals surface area contributed by atoms with Crippen LogP contribution in [-0.4, -0.2) is 66.3 Å². The summed E-state index contributed by atoms with van der Waals surface area (Å²) < 4.78 is 32.7. The van der Waals surface area contributed by atoms with Crippen molar-refractivity contribution in [1.82, 2.24) is 9.80 Å². The van der Waals surface area contributed by atoms with E-state index in [0.29, 0.717) is 52.2 Å². The summed E-state index contributed by atoms with van der Waals surface area (Å²) in [5.74, 6) is -0.963. The third-order valence-corrected chi connectivity index (χ3v) is 4.68. The first kappa shape index (κ1) is 17.3. The van der Waals surface area contributed by atoms with E-state index < -0.39 is 23.8 Å². The minimum atomic E-state index is -0.601. The van der Waals surface area contributed by atoms with E-state index in [1.54, 1.807) is 4.90 Å². The van der Waals surface area contributed by atoms with Crippen LogP contribution in [0, 0.1) is 11.6 Å². The van der Waals surface area contributed by atoms with Gasteiger partial charge >= 0.3 is 0 Å². The highest BCUT2D eigenvalue weighted by atomic mass is 19.1. The van der Waals surface area contributed by atoms with Crippen molar-refractivity contribution in [3.05, 3.63) is 35.4 Å². The fourth-order valence-corrected chi connectivity index (χ4v) is 3.43. The summed E-state index contributed by atoms with van der Waals surface area (Å²) in [5, 5.41) is 9.94. The number of hydrogen-bond donors (Lipinski definition) is 1. The number of carbonyl (C=O) groups excluding carboxylic acids is 1. The molecule has 1 N–H and O–H groups in total. The Labute approximate surface area is 139 Å². The number of benzene rings is 1. The number of likely N-dealkylation sites (tertiary alicyclic amines) is 1. The first-order valence-corrected chi connectivity index (χ1v) is 8.27. The zero-order valence-electron chi connectivity index (χ0n) is 13.5. The molecule has 2 aliphatic heterocycles. The van der Waals surface area contributed by atoms with Crippen molar-refractivity contribution in [3.8, 4) is 0 Å². The van der Waals surface area contributed by atoms with Gasteiger partial charge in [-0.2, -0.15) is 0 Å². The average molecular weight is 340 g/mol. The maximum Gasteiger partial charge on any atom is 0.224 e. The molecular formula is C17H22F2N2O3. The predicted molar refractivity (Wildman–Crippen MR) is 83.3 cm³/mol. The Morgan fingerprint density at radius 2 is 2.04 bits per heavy atom. The Morgan fingerprint density at radius 1 is 1.29 bits per heavy atom. The summed E-state index contributed by atoms with van der Waals surface area (Å²) in [5.41, 5.74) is 0.241. The SMILES string of the molecule is O=C(CCN1C[C@@H](O)C[C@@H]1c1cc(F)ccc1F)N1CCOCC1. The molecule has 0 radical (unpaired) electrons. The maximum atomic E-state index is 14.0. The summed E-state index contributed by atoms with van der Waals surface area (Å²) in [6.07, 6.45) is 0.0304. The summed E-state index contributed by atoms with van der Waals surface area (Å²) in [4.78, 5) is 15.9. The molecule has 0 aliphatic carbocycles. The molecule has 0 aromatic heterocycles. The number of aliphatic hydroxyl groups excluding tert-OH is 1. The van der Waals surface area contributed by atoms with Crippen LogP contribution in [0.4, 0.5) is 8.78 Å². The van der Waals surface area contributed by atoms with Gasteiger partial charge in [0.1, 0.15) is 11.6 Å². The van der Waals surface area contributed by atoms with Crippen LogP contribution in [0.3, 0.4) is 0 Å². The molecule has 0 bridgehead atoms. The Morgan fingerprint density at radius 3 is 2.79 bits per heavy atom. The molecule has 5 nitrogen and oxygen atoms in total. The monoisotopic (exact) mass is 340 g/mol. The van der Waals surface area contributed by atoms with E-state index in [-0.39, 0.29) is 11.5 Å². The molecule has 2 saturated heterocycles. The highest BCUT2D eigenvalue weighted by Gasteiger charge is 2.34. The van der Waals surface area contributed by atoms with E-state index in [4.69, 9.17) is 4.74 Å². The molecule has 0 spiro atoms. The molecule has 2 atom stereocenters. The fraction of sp³-hybridized carbons (Fsp3) is 0.588. The molecule has 1 aromatic rings. The van der Waals surface area contributed by atoms with Gasteiger partial charge in [-0.15, -0.1) is 0 Å². The van der Waals surface area contributed by atoms with E-state index in [0.717, 1.165) is 12.1 Å². The lowest BCUT2D eigenvalue weighted by Crippen LogP contribution is -2.42. The lowest BCUT2D eigenvalue weighted by Gasteiger charge is -2.29. The minimum absolute atomic E-state index is 0.0261. The third-order valence-electron chi connectivity index (χ3n) is 4.68. The Kier molecular flexibility index (Phi) is 5.43. The molecule has 3 rings (SSSR count). The van der Waals surface area contributed by atoms with Crippen LogP contribution < -0.4 is 0 Å². The number of amides is 1. The van der Waals surface area contributed by atoms with Gasteiger partial charge in [0.15, 0.2) is 0 Å². The van der Waals surface area contributed by atoms with Gasteiger partial charge in [0.05, 0.1) is 19.3 Å². The molecule has 24 heavy (non-hydrogen) atoms. The highest BCUT2D eigenvalue weighted by Crippen LogP contribution is 2.34. The predicted octanol–water partition coefficient (Wildman–Crippen LogP) is 1.32. The number of β-amino-alcohol motifs (C(OH)–C–C–N with tert-alkyl or cyclic N) is 1. The van der Waals surface area contributed by atoms with Crippen molar-refractivity contribution in [2.24, 2.45) is 0 Å². The van der Waals surface area contributed by atoms with Crippen LogP contribution in [0.15, 0.2) is 18.2 Å². The second-order valence-corrected chi connectivity index (χ2v) is 6.31.